The molecular formula is C12H15N3O3. The first-order valence-electron chi connectivity index (χ1n) is 6.00. The van der Waals surface area contributed by atoms with E-state index in [4.69, 9.17) is 9.15 Å². The molecule has 6 nitrogen and oxygen atoms in total. The predicted molar refractivity (Wildman–Crippen MR) is 67.9 cm³/mol. The van der Waals surface area contributed by atoms with Gasteiger partial charge >= 0.3 is 5.76 Å². The minimum absolute atomic E-state index is 0.179. The monoisotopic (exact) mass is 249 g/mol. The van der Waals surface area contributed by atoms with Gasteiger partial charge in [0.05, 0.1) is 18.2 Å². The van der Waals surface area contributed by atoms with Gasteiger partial charge in [0, 0.05) is 25.3 Å². The fourth-order valence-corrected chi connectivity index (χ4v) is 2.04. The lowest BCUT2D eigenvalue weighted by molar-refractivity contribution is 0.0372. The Bertz CT molecular complexity index is 584. The zero-order chi connectivity index (χ0) is 12.4. The summed E-state index contributed by atoms with van der Waals surface area (Å²) < 4.78 is 10.5. The number of ether oxygens (including phenoxy) is 1. The van der Waals surface area contributed by atoms with Crippen molar-refractivity contribution >= 4 is 16.8 Å². The Morgan fingerprint density at radius 1 is 1.44 bits per heavy atom. The summed E-state index contributed by atoms with van der Waals surface area (Å²) in [5, 5.41) is 6.56. The van der Waals surface area contributed by atoms with Crippen LogP contribution in [-0.2, 0) is 4.74 Å². The first-order valence-corrected chi connectivity index (χ1v) is 6.00. The Kier molecular flexibility index (Phi) is 3.04. The highest BCUT2D eigenvalue weighted by atomic mass is 16.5. The van der Waals surface area contributed by atoms with Gasteiger partial charge in [-0.2, -0.15) is 0 Å². The zero-order valence-corrected chi connectivity index (χ0v) is 9.86. The fourth-order valence-electron chi connectivity index (χ4n) is 2.04. The van der Waals surface area contributed by atoms with Crippen LogP contribution in [0.3, 0.4) is 0 Å². The molecule has 0 spiro atoms. The number of fused-ring (bicyclic) bond motifs is 1. The molecule has 0 bridgehead atoms. The van der Waals surface area contributed by atoms with Crippen LogP contribution in [0.25, 0.3) is 11.1 Å². The van der Waals surface area contributed by atoms with Crippen molar-refractivity contribution in [2.24, 2.45) is 0 Å². The summed E-state index contributed by atoms with van der Waals surface area (Å²) in [7, 11) is 0. The van der Waals surface area contributed by atoms with Crippen LogP contribution >= 0.6 is 0 Å². The van der Waals surface area contributed by atoms with Crippen LogP contribution in [0.5, 0.6) is 0 Å². The Morgan fingerprint density at radius 2 is 2.39 bits per heavy atom. The van der Waals surface area contributed by atoms with Crippen LogP contribution in [0.4, 0.5) is 5.69 Å². The Balaban J connectivity index is 1.68. The molecule has 1 fully saturated rings. The molecule has 2 aromatic rings. The van der Waals surface area contributed by atoms with Gasteiger partial charge in [0.2, 0.25) is 0 Å². The summed E-state index contributed by atoms with van der Waals surface area (Å²) in [6, 6.07) is 5.52. The number of H-pyrrole nitrogens is 1. The number of hydrogen-bond acceptors (Lipinski definition) is 5. The van der Waals surface area contributed by atoms with E-state index in [1.807, 2.05) is 12.1 Å². The van der Waals surface area contributed by atoms with Crippen molar-refractivity contribution in [3.63, 3.8) is 0 Å². The van der Waals surface area contributed by atoms with Crippen LogP contribution in [0.1, 0.15) is 0 Å². The molecule has 6 heteroatoms. The largest absolute Gasteiger partial charge is 0.417 e. The summed E-state index contributed by atoms with van der Waals surface area (Å²) in [6.07, 6.45) is 0.179. The maximum Gasteiger partial charge on any atom is 0.417 e. The highest BCUT2D eigenvalue weighted by Crippen LogP contribution is 2.16. The van der Waals surface area contributed by atoms with E-state index < -0.39 is 5.76 Å². The Labute approximate surface area is 103 Å². The van der Waals surface area contributed by atoms with Crippen LogP contribution in [0.15, 0.2) is 27.4 Å². The molecule has 1 aromatic heterocycles. The van der Waals surface area contributed by atoms with Crippen molar-refractivity contribution in [2.75, 3.05) is 31.6 Å². The molecule has 0 aliphatic carbocycles. The lowest BCUT2D eigenvalue weighted by atomic mass is 10.2. The van der Waals surface area contributed by atoms with Gasteiger partial charge in [0.25, 0.3) is 0 Å². The molecule has 1 unspecified atom stereocenters. The standard InChI is InChI=1S/C12H15N3O3/c16-12-15-10-5-8(1-2-11(10)18-12)14-7-9-6-13-3-4-17-9/h1-2,5,9,13-14H,3-4,6-7H2,(H,15,16). The first-order chi connectivity index (χ1) is 8.81. The molecule has 0 radical (unpaired) electrons. The molecule has 0 saturated carbocycles. The number of hydrogen-bond donors (Lipinski definition) is 3. The van der Waals surface area contributed by atoms with E-state index in [0.29, 0.717) is 11.1 Å². The number of aromatic amines is 1. The average molecular weight is 249 g/mol. The molecule has 0 amide bonds. The number of rotatable bonds is 3. The third kappa shape index (κ3) is 2.39. The number of anilines is 1. The minimum Gasteiger partial charge on any atom is -0.408 e. The summed E-state index contributed by atoms with van der Waals surface area (Å²) in [5.74, 6) is -0.429. The SMILES string of the molecule is O=c1[nH]c2cc(NCC3CNCCO3)ccc2o1. The summed E-state index contributed by atoms with van der Waals surface area (Å²) in [6.45, 7) is 3.26. The number of nitrogens with one attached hydrogen (secondary N) is 3. The molecule has 18 heavy (non-hydrogen) atoms. The maximum absolute atomic E-state index is 11.0. The molecule has 1 atom stereocenters. The molecule has 3 N–H and O–H groups in total. The molecule has 3 rings (SSSR count). The second kappa shape index (κ2) is 4.83. The van der Waals surface area contributed by atoms with Crippen molar-refractivity contribution in [1.29, 1.82) is 0 Å². The van der Waals surface area contributed by atoms with Crippen molar-refractivity contribution in [3.05, 3.63) is 28.7 Å². The maximum atomic E-state index is 11.0. The molecule has 1 saturated heterocycles. The van der Waals surface area contributed by atoms with E-state index in [9.17, 15) is 4.79 Å². The Hall–Kier alpha value is -1.79. The molecule has 2 heterocycles. The van der Waals surface area contributed by atoms with Crippen LogP contribution in [0.2, 0.25) is 0 Å². The van der Waals surface area contributed by atoms with E-state index in [-0.39, 0.29) is 6.10 Å². The van der Waals surface area contributed by atoms with E-state index in [1.165, 1.54) is 0 Å². The van der Waals surface area contributed by atoms with Gasteiger partial charge in [-0.05, 0) is 18.2 Å². The highest BCUT2D eigenvalue weighted by molar-refractivity contribution is 5.76. The molecule has 1 aliphatic heterocycles. The van der Waals surface area contributed by atoms with Gasteiger partial charge in [-0.1, -0.05) is 0 Å². The highest BCUT2D eigenvalue weighted by Gasteiger charge is 2.12. The predicted octanol–water partition coefficient (Wildman–Crippen LogP) is 0.521. The second-order valence-electron chi connectivity index (χ2n) is 4.30. The Morgan fingerprint density at radius 3 is 3.22 bits per heavy atom. The van der Waals surface area contributed by atoms with Gasteiger partial charge in [-0.3, -0.25) is 4.98 Å². The molecule has 1 aliphatic rings. The smallest absolute Gasteiger partial charge is 0.408 e. The lowest BCUT2D eigenvalue weighted by Crippen LogP contribution is -2.42. The quantitative estimate of drug-likeness (QED) is 0.739. The fraction of sp³-hybridized carbons (Fsp3) is 0.417. The summed E-state index contributed by atoms with van der Waals surface area (Å²) in [5.41, 5.74) is 2.21. The third-order valence-electron chi connectivity index (χ3n) is 2.96. The van der Waals surface area contributed by atoms with Gasteiger partial charge in [-0.15, -0.1) is 0 Å². The van der Waals surface area contributed by atoms with Crippen molar-refractivity contribution in [1.82, 2.24) is 10.3 Å². The normalized spacial score (nSPS) is 20.1. The zero-order valence-electron chi connectivity index (χ0n) is 9.86. The van der Waals surface area contributed by atoms with Crippen molar-refractivity contribution in [2.45, 2.75) is 6.10 Å². The van der Waals surface area contributed by atoms with E-state index in [0.717, 1.165) is 31.9 Å². The summed E-state index contributed by atoms with van der Waals surface area (Å²) in [4.78, 5) is 13.7. The molecular weight excluding hydrogens is 234 g/mol. The average Bonchev–Trinajstić information content (AvgIpc) is 2.77. The van der Waals surface area contributed by atoms with Crippen LogP contribution in [-0.4, -0.2) is 37.3 Å². The van der Waals surface area contributed by atoms with Gasteiger partial charge in [0.1, 0.15) is 0 Å². The van der Waals surface area contributed by atoms with Crippen molar-refractivity contribution in [3.8, 4) is 0 Å². The molecule has 96 valence electrons. The number of benzene rings is 1. The van der Waals surface area contributed by atoms with Crippen LogP contribution < -0.4 is 16.4 Å². The lowest BCUT2D eigenvalue weighted by Gasteiger charge is -2.24. The third-order valence-corrected chi connectivity index (χ3v) is 2.96. The van der Waals surface area contributed by atoms with Gasteiger partial charge < -0.3 is 19.8 Å². The van der Waals surface area contributed by atoms with E-state index in [1.54, 1.807) is 6.07 Å². The summed E-state index contributed by atoms with van der Waals surface area (Å²) >= 11 is 0. The van der Waals surface area contributed by atoms with E-state index >= 15 is 0 Å². The number of morpholine rings is 1. The second-order valence-corrected chi connectivity index (χ2v) is 4.30. The first kappa shape index (κ1) is 11.3. The van der Waals surface area contributed by atoms with Crippen LogP contribution in [0, 0.1) is 0 Å². The van der Waals surface area contributed by atoms with Crippen molar-refractivity contribution < 1.29 is 9.15 Å². The minimum atomic E-state index is -0.429. The topological polar surface area (TPSA) is 79.3 Å². The van der Waals surface area contributed by atoms with Gasteiger partial charge in [0.15, 0.2) is 5.58 Å². The number of aromatic nitrogens is 1. The van der Waals surface area contributed by atoms with E-state index in [2.05, 4.69) is 15.6 Å². The number of oxazole rings is 1. The molecule has 1 aromatic carbocycles. The van der Waals surface area contributed by atoms with Gasteiger partial charge in [-0.25, -0.2) is 4.79 Å².